The normalized spacial score (nSPS) is 16.2. The number of sulfonamides is 1. The van der Waals surface area contributed by atoms with E-state index < -0.39 is 52.4 Å². The van der Waals surface area contributed by atoms with E-state index in [1.807, 2.05) is 20.8 Å². The largest absolute Gasteiger partial charge is 0.470 e. The Morgan fingerprint density at radius 2 is 1.28 bits per heavy atom. The van der Waals surface area contributed by atoms with Crippen molar-refractivity contribution in [1.29, 1.82) is 0 Å². The Balaban J connectivity index is 0.000000763. The summed E-state index contributed by atoms with van der Waals surface area (Å²) in [4.78, 5) is 23.7. The first-order valence-electron chi connectivity index (χ1n) is 13.3. The molecule has 0 amide bonds. The predicted molar refractivity (Wildman–Crippen MR) is 138 cm³/mol. The monoisotopic (exact) mass is 595 g/mol. The van der Waals surface area contributed by atoms with E-state index in [-0.39, 0.29) is 21.7 Å². The summed E-state index contributed by atoms with van der Waals surface area (Å²) in [5.41, 5.74) is -1.45. The maximum absolute atomic E-state index is 12.6. The van der Waals surface area contributed by atoms with Gasteiger partial charge < -0.3 is 9.47 Å². The summed E-state index contributed by atoms with van der Waals surface area (Å²) in [6, 6.07) is -5.55. The first kappa shape index (κ1) is 37.5. The van der Waals surface area contributed by atoms with Crippen LogP contribution in [0.1, 0.15) is 107 Å². The number of hydrogen-bond donors (Lipinski definition) is 1. The quantitative estimate of drug-likeness (QED) is 0.116. The lowest BCUT2D eigenvalue weighted by Gasteiger charge is -2.38. The lowest BCUT2D eigenvalue weighted by Crippen LogP contribution is -2.52. The molecule has 0 atom stereocenters. The van der Waals surface area contributed by atoms with E-state index in [1.165, 1.54) is 32.1 Å². The number of carbonyl (C=O) groups is 2. The molecule has 1 rings (SSSR count). The third-order valence-corrected chi connectivity index (χ3v) is 8.64. The first-order valence-corrected chi connectivity index (χ1v) is 15.0. The van der Waals surface area contributed by atoms with E-state index in [4.69, 9.17) is 9.47 Å². The molecule has 1 saturated carbocycles. The highest BCUT2D eigenvalue weighted by Crippen LogP contribution is 2.37. The molecule has 1 aliphatic rings. The van der Waals surface area contributed by atoms with E-state index in [1.54, 1.807) is 20.8 Å². The summed E-state index contributed by atoms with van der Waals surface area (Å²) >= 11 is 0. The molecule has 0 bridgehead atoms. The number of hydrogen-bond acceptors (Lipinski definition) is 6. The standard InChI is InChI=1S/C15H28O2.C11H18F5NO4S/c1-6-14(2,3)13(16)17-15(4,5)12-10-8-7-9-11-12;1-4-9(2,3)8(18)21-6-5-7-22(19,20)17-11(15,16)10(12,13)14/h12H,6-11H2,1-5H3;17H,4-7H2,1-3H3. The molecule has 0 radical (unpaired) electrons. The highest BCUT2D eigenvalue weighted by atomic mass is 32.2. The molecule has 1 fully saturated rings. The fourth-order valence-electron chi connectivity index (χ4n) is 3.46. The van der Waals surface area contributed by atoms with Crippen LogP contribution in [0.2, 0.25) is 0 Å². The number of rotatable bonds is 12. The summed E-state index contributed by atoms with van der Waals surface area (Å²) in [5, 5.41) is 0. The molecule has 39 heavy (non-hydrogen) atoms. The molecule has 7 nitrogen and oxygen atoms in total. The second-order valence-corrected chi connectivity index (χ2v) is 13.6. The molecule has 13 heteroatoms. The van der Waals surface area contributed by atoms with Crippen molar-refractivity contribution in [2.24, 2.45) is 16.7 Å². The van der Waals surface area contributed by atoms with E-state index in [0.717, 1.165) is 6.42 Å². The molecule has 0 aromatic heterocycles. The zero-order valence-electron chi connectivity index (χ0n) is 24.4. The van der Waals surface area contributed by atoms with Gasteiger partial charge in [-0.1, -0.05) is 33.1 Å². The molecule has 1 aliphatic carbocycles. The third-order valence-electron chi connectivity index (χ3n) is 7.25. The van der Waals surface area contributed by atoms with Crippen molar-refractivity contribution in [3.8, 4) is 0 Å². The van der Waals surface area contributed by atoms with Crippen molar-refractivity contribution in [3.63, 3.8) is 0 Å². The Bertz CT molecular complexity index is 895. The summed E-state index contributed by atoms with van der Waals surface area (Å²) in [6.45, 7) is 14.6. The Kier molecular flexibility index (Phi) is 13.9. The first-order chi connectivity index (χ1) is 17.4. The van der Waals surface area contributed by atoms with Gasteiger partial charge in [-0.3, -0.25) is 9.59 Å². The summed E-state index contributed by atoms with van der Waals surface area (Å²) in [5.74, 6) is -1.15. The molecule has 0 aromatic rings. The van der Waals surface area contributed by atoms with Crippen LogP contribution in [0.15, 0.2) is 0 Å². The van der Waals surface area contributed by atoms with Crippen molar-refractivity contribution in [2.75, 3.05) is 12.4 Å². The lowest BCUT2D eigenvalue weighted by molar-refractivity contribution is -0.286. The third kappa shape index (κ3) is 12.7. The number of esters is 2. The molecule has 1 N–H and O–H groups in total. The Hall–Kier alpha value is -1.50. The van der Waals surface area contributed by atoms with Gasteiger partial charge in [0.05, 0.1) is 23.2 Å². The van der Waals surface area contributed by atoms with Crippen LogP contribution in [0.25, 0.3) is 0 Å². The van der Waals surface area contributed by atoms with Crippen LogP contribution >= 0.6 is 0 Å². The number of carbonyl (C=O) groups excluding carboxylic acids is 2. The Morgan fingerprint density at radius 3 is 1.72 bits per heavy atom. The number of nitrogens with one attached hydrogen (secondary N) is 1. The minimum atomic E-state index is -6.03. The van der Waals surface area contributed by atoms with Gasteiger partial charge in [-0.2, -0.15) is 22.0 Å². The predicted octanol–water partition coefficient (Wildman–Crippen LogP) is 6.76. The van der Waals surface area contributed by atoms with Crippen molar-refractivity contribution in [1.82, 2.24) is 4.72 Å². The van der Waals surface area contributed by atoms with Crippen molar-refractivity contribution in [3.05, 3.63) is 0 Å². The summed E-state index contributed by atoms with van der Waals surface area (Å²) in [7, 11) is -4.87. The molecule has 0 saturated heterocycles. The van der Waals surface area contributed by atoms with Crippen molar-refractivity contribution < 1.29 is 49.4 Å². The summed E-state index contributed by atoms with van der Waals surface area (Å²) < 4.78 is 93.9. The second-order valence-electron chi connectivity index (χ2n) is 11.8. The van der Waals surface area contributed by atoms with Crippen LogP contribution in [0.3, 0.4) is 0 Å². The maximum atomic E-state index is 12.6. The van der Waals surface area contributed by atoms with E-state index >= 15 is 0 Å². The van der Waals surface area contributed by atoms with Crippen LogP contribution < -0.4 is 4.72 Å². The van der Waals surface area contributed by atoms with Gasteiger partial charge in [-0.15, -0.1) is 4.72 Å². The van der Waals surface area contributed by atoms with Gasteiger partial charge in [-0.05, 0) is 79.6 Å². The molecule has 0 heterocycles. The van der Waals surface area contributed by atoms with Crippen LogP contribution in [0, 0.1) is 16.7 Å². The fourth-order valence-corrected chi connectivity index (χ4v) is 4.57. The minimum Gasteiger partial charge on any atom is -0.465 e. The number of ether oxygens (including phenoxy) is 2. The van der Waals surface area contributed by atoms with Crippen molar-refractivity contribution in [2.45, 2.75) is 125 Å². The van der Waals surface area contributed by atoms with Gasteiger partial charge >= 0.3 is 24.2 Å². The number of halogens is 5. The van der Waals surface area contributed by atoms with Gasteiger partial charge in [0.25, 0.3) is 0 Å². The maximum Gasteiger partial charge on any atom is 0.470 e. The highest BCUT2D eigenvalue weighted by molar-refractivity contribution is 7.89. The highest BCUT2D eigenvalue weighted by Gasteiger charge is 2.59. The summed E-state index contributed by atoms with van der Waals surface area (Å²) in [6.07, 6.45) is 1.15. The van der Waals surface area contributed by atoms with Crippen LogP contribution in [-0.2, 0) is 29.1 Å². The van der Waals surface area contributed by atoms with Gasteiger partial charge in [0, 0.05) is 0 Å². The van der Waals surface area contributed by atoms with Crippen LogP contribution in [0.4, 0.5) is 22.0 Å². The van der Waals surface area contributed by atoms with Gasteiger partial charge in [0.1, 0.15) is 5.60 Å². The average molecular weight is 596 g/mol. The van der Waals surface area contributed by atoms with Crippen molar-refractivity contribution >= 4 is 22.0 Å². The van der Waals surface area contributed by atoms with Crippen LogP contribution in [0.5, 0.6) is 0 Å². The molecule has 0 unspecified atom stereocenters. The Morgan fingerprint density at radius 1 is 0.821 bits per heavy atom. The average Bonchev–Trinajstić information content (AvgIpc) is 2.81. The zero-order valence-corrected chi connectivity index (χ0v) is 25.2. The minimum absolute atomic E-state index is 0.0458. The molecular weight excluding hydrogens is 549 g/mol. The fraction of sp³-hybridized carbons (Fsp3) is 0.923. The van der Waals surface area contributed by atoms with Gasteiger partial charge in [-0.25, -0.2) is 8.42 Å². The van der Waals surface area contributed by atoms with E-state index in [9.17, 15) is 40.0 Å². The molecule has 0 spiro atoms. The topological polar surface area (TPSA) is 98.8 Å². The van der Waals surface area contributed by atoms with Gasteiger partial charge in [0.15, 0.2) is 0 Å². The number of alkyl halides is 5. The lowest BCUT2D eigenvalue weighted by atomic mass is 9.78. The zero-order chi connectivity index (χ0) is 30.9. The molecule has 0 aliphatic heterocycles. The second kappa shape index (κ2) is 14.4. The molecule has 232 valence electrons. The smallest absolute Gasteiger partial charge is 0.465 e. The SMILES string of the molecule is CCC(C)(C)C(=O)OC(C)(C)C1CCCCC1.CCC(C)(C)C(=O)OCCCS(=O)(=O)NC(F)(F)C(F)(F)F. The van der Waals surface area contributed by atoms with E-state index in [2.05, 4.69) is 13.8 Å². The van der Waals surface area contributed by atoms with Crippen LogP contribution in [-0.4, -0.2) is 50.5 Å². The van der Waals surface area contributed by atoms with Gasteiger partial charge in [0.2, 0.25) is 10.0 Å². The molecular formula is C26H46F5NO6S. The van der Waals surface area contributed by atoms with E-state index in [0.29, 0.717) is 12.3 Å². The Labute approximate surface area is 230 Å². The molecule has 0 aromatic carbocycles.